The molecule has 1 aliphatic rings. The normalized spacial score (nSPS) is 14.0. The standard InChI is InChI=1S/C16H15NO3/c18-14-7-3-6-13(15(14)19)16(20)17-12-8-10-4-1-2-5-11(10)9-12/h1-7,12,18-19H,8-9H2,(H,17,20). The summed E-state index contributed by atoms with van der Waals surface area (Å²) in [5.74, 6) is -1.02. The highest BCUT2D eigenvalue weighted by molar-refractivity contribution is 5.97. The molecule has 4 heteroatoms. The van der Waals surface area contributed by atoms with Gasteiger partial charge in [0.15, 0.2) is 11.5 Å². The Bertz CT molecular complexity index is 642. The number of aromatic hydroxyl groups is 2. The van der Waals surface area contributed by atoms with Gasteiger partial charge >= 0.3 is 0 Å². The van der Waals surface area contributed by atoms with E-state index in [1.807, 2.05) is 12.1 Å². The maximum absolute atomic E-state index is 12.1. The summed E-state index contributed by atoms with van der Waals surface area (Å²) in [7, 11) is 0. The summed E-state index contributed by atoms with van der Waals surface area (Å²) in [4.78, 5) is 12.1. The smallest absolute Gasteiger partial charge is 0.255 e. The molecule has 0 aliphatic heterocycles. The number of rotatable bonds is 2. The molecule has 2 aromatic carbocycles. The largest absolute Gasteiger partial charge is 0.504 e. The zero-order valence-electron chi connectivity index (χ0n) is 10.8. The molecule has 1 amide bonds. The molecule has 0 heterocycles. The first-order valence-electron chi connectivity index (χ1n) is 6.53. The van der Waals surface area contributed by atoms with E-state index in [1.165, 1.54) is 29.3 Å². The Balaban J connectivity index is 1.74. The van der Waals surface area contributed by atoms with Gasteiger partial charge in [-0.3, -0.25) is 4.79 Å². The van der Waals surface area contributed by atoms with E-state index in [9.17, 15) is 15.0 Å². The van der Waals surface area contributed by atoms with Crippen LogP contribution >= 0.6 is 0 Å². The first kappa shape index (κ1) is 12.5. The number of amides is 1. The van der Waals surface area contributed by atoms with Gasteiger partial charge in [-0.05, 0) is 36.1 Å². The fourth-order valence-electron chi connectivity index (χ4n) is 2.64. The van der Waals surface area contributed by atoms with Crippen molar-refractivity contribution in [2.45, 2.75) is 18.9 Å². The monoisotopic (exact) mass is 269 g/mol. The summed E-state index contributed by atoms with van der Waals surface area (Å²) in [6.45, 7) is 0. The number of hydrogen-bond donors (Lipinski definition) is 3. The van der Waals surface area contributed by atoms with Crippen LogP contribution in [-0.4, -0.2) is 22.2 Å². The third-order valence-corrected chi connectivity index (χ3v) is 3.65. The van der Waals surface area contributed by atoms with Crippen LogP contribution in [0.25, 0.3) is 0 Å². The van der Waals surface area contributed by atoms with Crippen LogP contribution in [0.5, 0.6) is 11.5 Å². The van der Waals surface area contributed by atoms with Crippen LogP contribution in [0.1, 0.15) is 21.5 Å². The molecule has 1 aliphatic carbocycles. The Labute approximate surface area is 116 Å². The average molecular weight is 269 g/mol. The minimum absolute atomic E-state index is 0.0293. The number of fused-ring (bicyclic) bond motifs is 1. The summed E-state index contributed by atoms with van der Waals surface area (Å²) in [6.07, 6.45) is 1.59. The highest BCUT2D eigenvalue weighted by Crippen LogP contribution is 2.28. The van der Waals surface area contributed by atoms with Crippen molar-refractivity contribution in [3.05, 3.63) is 59.2 Å². The van der Waals surface area contributed by atoms with E-state index in [2.05, 4.69) is 17.4 Å². The number of hydrogen-bond acceptors (Lipinski definition) is 3. The second-order valence-electron chi connectivity index (χ2n) is 5.02. The first-order valence-corrected chi connectivity index (χ1v) is 6.53. The summed E-state index contributed by atoms with van der Waals surface area (Å²) < 4.78 is 0. The van der Waals surface area contributed by atoms with Crippen LogP contribution in [-0.2, 0) is 12.8 Å². The highest BCUT2D eigenvalue weighted by Gasteiger charge is 2.24. The third-order valence-electron chi connectivity index (χ3n) is 3.65. The van der Waals surface area contributed by atoms with E-state index in [1.54, 1.807) is 0 Å². The number of nitrogens with one attached hydrogen (secondary N) is 1. The Hall–Kier alpha value is -2.49. The van der Waals surface area contributed by atoms with Crippen LogP contribution in [0.15, 0.2) is 42.5 Å². The van der Waals surface area contributed by atoms with Crippen molar-refractivity contribution in [1.29, 1.82) is 0 Å². The van der Waals surface area contributed by atoms with Crippen molar-refractivity contribution >= 4 is 5.91 Å². The molecular weight excluding hydrogens is 254 g/mol. The molecule has 3 N–H and O–H groups in total. The Morgan fingerprint density at radius 2 is 1.65 bits per heavy atom. The lowest BCUT2D eigenvalue weighted by Crippen LogP contribution is -2.35. The summed E-state index contributed by atoms with van der Waals surface area (Å²) in [5.41, 5.74) is 2.59. The second kappa shape index (κ2) is 4.89. The van der Waals surface area contributed by atoms with Crippen LogP contribution in [0.3, 0.4) is 0 Å². The van der Waals surface area contributed by atoms with Crippen molar-refractivity contribution in [1.82, 2.24) is 5.32 Å². The predicted molar refractivity (Wildman–Crippen MR) is 74.9 cm³/mol. The van der Waals surface area contributed by atoms with E-state index in [-0.39, 0.29) is 29.0 Å². The molecule has 0 bridgehead atoms. The van der Waals surface area contributed by atoms with Crippen LogP contribution in [0.2, 0.25) is 0 Å². The molecule has 0 unspecified atom stereocenters. The van der Waals surface area contributed by atoms with Crippen LogP contribution < -0.4 is 5.32 Å². The van der Waals surface area contributed by atoms with Gasteiger partial charge in [0.05, 0.1) is 5.56 Å². The number of benzene rings is 2. The van der Waals surface area contributed by atoms with Gasteiger partial charge in [0.25, 0.3) is 5.91 Å². The van der Waals surface area contributed by atoms with Gasteiger partial charge < -0.3 is 15.5 Å². The second-order valence-corrected chi connectivity index (χ2v) is 5.02. The average Bonchev–Trinajstić information content (AvgIpc) is 2.83. The lowest BCUT2D eigenvalue weighted by atomic mass is 10.1. The quantitative estimate of drug-likeness (QED) is 0.730. The van der Waals surface area contributed by atoms with Crippen LogP contribution in [0, 0.1) is 0 Å². The van der Waals surface area contributed by atoms with Crippen molar-refractivity contribution in [2.24, 2.45) is 0 Å². The zero-order valence-corrected chi connectivity index (χ0v) is 10.8. The van der Waals surface area contributed by atoms with Gasteiger partial charge in [-0.25, -0.2) is 0 Å². The minimum atomic E-state index is -0.375. The summed E-state index contributed by atoms with van der Waals surface area (Å²) >= 11 is 0. The van der Waals surface area contributed by atoms with Gasteiger partial charge in [-0.2, -0.15) is 0 Å². The summed E-state index contributed by atoms with van der Waals surface area (Å²) in [5, 5.41) is 22.0. The molecule has 0 spiro atoms. The molecular formula is C16H15NO3. The molecule has 2 aromatic rings. The van der Waals surface area contributed by atoms with Crippen molar-refractivity contribution in [3.63, 3.8) is 0 Å². The number of phenols is 2. The fraction of sp³-hybridized carbons (Fsp3) is 0.188. The van der Waals surface area contributed by atoms with Gasteiger partial charge in [0.2, 0.25) is 0 Å². The van der Waals surface area contributed by atoms with Crippen molar-refractivity contribution in [3.8, 4) is 11.5 Å². The molecule has 0 saturated carbocycles. The predicted octanol–water partition coefficient (Wildman–Crippen LogP) is 2.00. The minimum Gasteiger partial charge on any atom is -0.504 e. The molecule has 3 rings (SSSR count). The third kappa shape index (κ3) is 2.20. The number of carbonyl (C=O) groups excluding carboxylic acids is 1. The molecule has 0 radical (unpaired) electrons. The van der Waals surface area contributed by atoms with Crippen LogP contribution in [0.4, 0.5) is 0 Å². The van der Waals surface area contributed by atoms with Gasteiger partial charge in [0.1, 0.15) is 0 Å². The Morgan fingerprint density at radius 3 is 2.30 bits per heavy atom. The van der Waals surface area contributed by atoms with Crippen molar-refractivity contribution < 1.29 is 15.0 Å². The Kier molecular flexibility index (Phi) is 3.06. The van der Waals surface area contributed by atoms with Crippen molar-refractivity contribution in [2.75, 3.05) is 0 Å². The maximum Gasteiger partial charge on any atom is 0.255 e. The highest BCUT2D eigenvalue weighted by atomic mass is 16.3. The lowest BCUT2D eigenvalue weighted by molar-refractivity contribution is 0.0935. The van der Waals surface area contributed by atoms with E-state index in [0.29, 0.717) is 0 Å². The molecule has 4 nitrogen and oxygen atoms in total. The number of carbonyl (C=O) groups is 1. The van der Waals surface area contributed by atoms with E-state index in [0.717, 1.165) is 12.8 Å². The summed E-state index contributed by atoms with van der Waals surface area (Å²) in [6, 6.07) is 12.5. The molecule has 102 valence electrons. The van der Waals surface area contributed by atoms with Gasteiger partial charge in [-0.15, -0.1) is 0 Å². The number of phenolic OH excluding ortho intramolecular Hbond substituents is 2. The lowest BCUT2D eigenvalue weighted by Gasteiger charge is -2.13. The topological polar surface area (TPSA) is 69.6 Å². The SMILES string of the molecule is O=C(NC1Cc2ccccc2C1)c1cccc(O)c1O. The Morgan fingerprint density at radius 1 is 1.00 bits per heavy atom. The van der Waals surface area contributed by atoms with Gasteiger partial charge in [0, 0.05) is 6.04 Å². The van der Waals surface area contributed by atoms with E-state index in [4.69, 9.17) is 0 Å². The maximum atomic E-state index is 12.1. The molecule has 0 atom stereocenters. The number of para-hydroxylation sites is 1. The fourth-order valence-corrected chi connectivity index (χ4v) is 2.64. The van der Waals surface area contributed by atoms with Gasteiger partial charge in [-0.1, -0.05) is 30.3 Å². The molecule has 0 aromatic heterocycles. The molecule has 20 heavy (non-hydrogen) atoms. The first-order chi connectivity index (χ1) is 9.65. The molecule has 0 saturated heterocycles. The van der Waals surface area contributed by atoms with E-state index >= 15 is 0 Å². The zero-order chi connectivity index (χ0) is 14.1. The molecule has 0 fully saturated rings. The van der Waals surface area contributed by atoms with E-state index < -0.39 is 0 Å².